The van der Waals surface area contributed by atoms with Gasteiger partial charge in [0.05, 0.1) is 21.6 Å². The van der Waals surface area contributed by atoms with E-state index in [9.17, 15) is 0 Å². The molecule has 4 heteroatoms. The summed E-state index contributed by atoms with van der Waals surface area (Å²) in [6.07, 6.45) is 0. The third-order valence-corrected chi connectivity index (χ3v) is 4.49. The maximum Gasteiger partial charge on any atom is 0.106 e. The first-order valence-corrected chi connectivity index (χ1v) is 7.14. The number of hydrogen-bond acceptors (Lipinski definition) is 4. The summed E-state index contributed by atoms with van der Waals surface area (Å²) in [4.78, 5) is 6.68. The predicted octanol–water partition coefficient (Wildman–Crippen LogP) is 3.40. The number of benzene rings is 2. The van der Waals surface area contributed by atoms with Gasteiger partial charge < -0.3 is 10.6 Å². The highest BCUT2D eigenvalue weighted by atomic mass is 32.1. The van der Waals surface area contributed by atoms with Crippen LogP contribution in [0.1, 0.15) is 11.1 Å². The van der Waals surface area contributed by atoms with Gasteiger partial charge in [-0.3, -0.25) is 0 Å². The fourth-order valence-electron chi connectivity index (χ4n) is 2.72. The lowest BCUT2D eigenvalue weighted by atomic mass is 10.1. The normalized spacial score (nSPS) is 14.0. The van der Waals surface area contributed by atoms with Gasteiger partial charge in [-0.2, -0.15) is 0 Å². The minimum Gasteiger partial charge on any atom is -0.395 e. The molecule has 0 saturated heterocycles. The van der Waals surface area contributed by atoms with Crippen LogP contribution in [0.4, 0.5) is 11.4 Å². The van der Waals surface area contributed by atoms with E-state index < -0.39 is 0 Å². The zero-order chi connectivity index (χ0) is 12.8. The summed E-state index contributed by atoms with van der Waals surface area (Å²) in [6, 6.07) is 12.8. The van der Waals surface area contributed by atoms with Gasteiger partial charge in [0.25, 0.3) is 0 Å². The zero-order valence-electron chi connectivity index (χ0n) is 10.3. The van der Waals surface area contributed by atoms with Crippen LogP contribution in [0.15, 0.2) is 41.9 Å². The third kappa shape index (κ3) is 1.60. The quantitative estimate of drug-likeness (QED) is 0.687. The van der Waals surface area contributed by atoms with Crippen LogP contribution in [0.3, 0.4) is 0 Å². The fourth-order valence-corrected chi connectivity index (χ4v) is 3.41. The van der Waals surface area contributed by atoms with Gasteiger partial charge in [0.2, 0.25) is 0 Å². The van der Waals surface area contributed by atoms with Crippen LogP contribution >= 0.6 is 11.3 Å². The molecule has 0 unspecified atom stereocenters. The van der Waals surface area contributed by atoms with Crippen LogP contribution in [0.25, 0.3) is 10.2 Å². The molecule has 3 aromatic rings. The second-order valence-corrected chi connectivity index (χ2v) is 5.71. The number of nitrogen functional groups attached to an aromatic ring is 1. The number of nitrogens with two attached hydrogens (primary N) is 1. The summed E-state index contributed by atoms with van der Waals surface area (Å²) in [7, 11) is 0. The van der Waals surface area contributed by atoms with Gasteiger partial charge in [-0.1, -0.05) is 24.3 Å². The third-order valence-electron chi connectivity index (χ3n) is 3.70. The molecule has 2 aromatic carbocycles. The van der Waals surface area contributed by atoms with E-state index in [1.165, 1.54) is 11.1 Å². The Morgan fingerprint density at radius 1 is 1.05 bits per heavy atom. The Morgan fingerprint density at radius 2 is 1.79 bits per heavy atom. The van der Waals surface area contributed by atoms with Crippen LogP contribution < -0.4 is 10.6 Å². The second kappa shape index (κ2) is 3.96. The molecule has 0 spiro atoms. The van der Waals surface area contributed by atoms with Crippen molar-refractivity contribution in [1.82, 2.24) is 4.98 Å². The summed E-state index contributed by atoms with van der Waals surface area (Å²) < 4.78 is 1.15. The van der Waals surface area contributed by atoms with Crippen molar-refractivity contribution in [2.45, 2.75) is 13.1 Å². The van der Waals surface area contributed by atoms with E-state index >= 15 is 0 Å². The Morgan fingerprint density at radius 3 is 2.53 bits per heavy atom. The Labute approximate surface area is 115 Å². The largest absolute Gasteiger partial charge is 0.395 e. The van der Waals surface area contributed by atoms with Crippen LogP contribution in [-0.2, 0) is 13.1 Å². The topological polar surface area (TPSA) is 42.1 Å². The molecule has 2 heterocycles. The maximum absolute atomic E-state index is 6.28. The van der Waals surface area contributed by atoms with Gasteiger partial charge in [-0.05, 0) is 23.3 Å². The van der Waals surface area contributed by atoms with Crippen molar-refractivity contribution < 1.29 is 0 Å². The van der Waals surface area contributed by atoms with E-state index in [4.69, 9.17) is 5.73 Å². The summed E-state index contributed by atoms with van der Waals surface area (Å²) in [5.41, 5.74) is 13.7. The molecule has 1 aromatic heterocycles. The van der Waals surface area contributed by atoms with Crippen LogP contribution in [-0.4, -0.2) is 4.98 Å². The molecule has 0 bridgehead atoms. The minimum absolute atomic E-state index is 0.798. The highest BCUT2D eigenvalue weighted by Gasteiger charge is 2.21. The van der Waals surface area contributed by atoms with Crippen LogP contribution in [0.2, 0.25) is 0 Å². The average Bonchev–Trinajstić information content (AvgIpc) is 3.05. The number of nitrogens with zero attached hydrogens (tertiary/aromatic N) is 2. The number of thiazole rings is 1. The summed E-state index contributed by atoms with van der Waals surface area (Å²) in [5.74, 6) is 0. The Kier molecular flexibility index (Phi) is 2.26. The fraction of sp³-hybridized carbons (Fsp3) is 0.133. The lowest BCUT2D eigenvalue weighted by Gasteiger charge is -2.19. The standard InChI is InChI=1S/C15H13N3S/c16-14-12(5-6-13-15(14)17-9-19-13)18-7-10-3-1-2-4-11(10)8-18/h1-6,9H,7-8,16H2. The van der Waals surface area contributed by atoms with E-state index in [0.29, 0.717) is 0 Å². The highest BCUT2D eigenvalue weighted by molar-refractivity contribution is 7.16. The molecule has 4 rings (SSSR count). The van der Waals surface area contributed by atoms with Crippen molar-refractivity contribution in [3.05, 3.63) is 53.0 Å². The second-order valence-electron chi connectivity index (χ2n) is 4.82. The van der Waals surface area contributed by atoms with Crippen molar-refractivity contribution >= 4 is 32.9 Å². The smallest absolute Gasteiger partial charge is 0.106 e. The average molecular weight is 267 g/mol. The van der Waals surface area contributed by atoms with Crippen molar-refractivity contribution in [3.63, 3.8) is 0 Å². The molecule has 2 N–H and O–H groups in total. The number of rotatable bonds is 1. The lowest BCUT2D eigenvalue weighted by Crippen LogP contribution is -2.16. The van der Waals surface area contributed by atoms with E-state index in [-0.39, 0.29) is 0 Å². The van der Waals surface area contributed by atoms with Gasteiger partial charge in [0.15, 0.2) is 0 Å². The summed E-state index contributed by atoms with van der Waals surface area (Å²) >= 11 is 1.63. The molecule has 94 valence electrons. The molecule has 19 heavy (non-hydrogen) atoms. The van der Waals surface area contributed by atoms with E-state index in [1.807, 2.05) is 5.51 Å². The molecule has 0 aliphatic carbocycles. The first-order valence-electron chi connectivity index (χ1n) is 6.26. The number of aromatic nitrogens is 1. The van der Waals surface area contributed by atoms with Crippen molar-refractivity contribution in [2.75, 3.05) is 10.6 Å². The Balaban J connectivity index is 1.79. The SMILES string of the molecule is Nc1c(N2Cc3ccccc3C2)ccc2scnc12. The molecule has 0 amide bonds. The predicted molar refractivity (Wildman–Crippen MR) is 80.4 cm³/mol. The molecule has 0 radical (unpaired) electrons. The van der Waals surface area contributed by atoms with Gasteiger partial charge in [-0.25, -0.2) is 4.98 Å². The number of fused-ring (bicyclic) bond motifs is 2. The number of hydrogen-bond donors (Lipinski definition) is 1. The van der Waals surface area contributed by atoms with Gasteiger partial charge >= 0.3 is 0 Å². The summed E-state index contributed by atoms with van der Waals surface area (Å²) in [6.45, 7) is 1.85. The molecule has 0 atom stereocenters. The molecule has 3 nitrogen and oxygen atoms in total. The Hall–Kier alpha value is -2.07. The Bertz CT molecular complexity index is 738. The maximum atomic E-state index is 6.28. The van der Waals surface area contributed by atoms with Gasteiger partial charge in [0.1, 0.15) is 5.52 Å². The first-order chi connectivity index (χ1) is 9.33. The number of anilines is 2. The molecular weight excluding hydrogens is 254 g/mol. The van der Waals surface area contributed by atoms with Crippen molar-refractivity contribution in [1.29, 1.82) is 0 Å². The molecule has 0 fully saturated rings. The molecule has 1 aliphatic heterocycles. The highest BCUT2D eigenvalue weighted by Crippen LogP contribution is 2.36. The minimum atomic E-state index is 0.798. The monoisotopic (exact) mass is 267 g/mol. The van der Waals surface area contributed by atoms with Crippen LogP contribution in [0.5, 0.6) is 0 Å². The summed E-state index contributed by atoms with van der Waals surface area (Å²) in [5, 5.41) is 0. The van der Waals surface area contributed by atoms with Gasteiger partial charge in [0, 0.05) is 13.1 Å². The molecule has 1 aliphatic rings. The molecular formula is C15H13N3S. The van der Waals surface area contributed by atoms with Crippen LogP contribution in [0, 0.1) is 0 Å². The van der Waals surface area contributed by atoms with E-state index in [1.54, 1.807) is 11.3 Å². The van der Waals surface area contributed by atoms with E-state index in [0.717, 1.165) is 34.7 Å². The van der Waals surface area contributed by atoms with Crippen molar-refractivity contribution in [2.24, 2.45) is 0 Å². The van der Waals surface area contributed by atoms with Gasteiger partial charge in [-0.15, -0.1) is 11.3 Å². The zero-order valence-corrected chi connectivity index (χ0v) is 11.2. The molecule has 0 saturated carbocycles. The lowest BCUT2D eigenvalue weighted by molar-refractivity contribution is 0.883. The van der Waals surface area contributed by atoms with Crippen molar-refractivity contribution in [3.8, 4) is 0 Å². The first kappa shape index (κ1) is 10.8. The van der Waals surface area contributed by atoms with E-state index in [2.05, 4.69) is 46.3 Å².